The van der Waals surface area contributed by atoms with Crippen molar-refractivity contribution >= 4 is 29.9 Å². The molecule has 1 saturated heterocycles. The number of nitrogens with one attached hydrogen (secondary N) is 1. The van der Waals surface area contributed by atoms with Crippen LogP contribution in [-0.4, -0.2) is 75.5 Å². The number of aliphatic imine (C=N–C) groups is 1. The summed E-state index contributed by atoms with van der Waals surface area (Å²) in [5.41, 5.74) is 0. The van der Waals surface area contributed by atoms with E-state index in [9.17, 15) is 13.2 Å². The van der Waals surface area contributed by atoms with Gasteiger partial charge in [-0.1, -0.05) is 6.42 Å². The molecule has 1 aromatic rings. The van der Waals surface area contributed by atoms with E-state index in [4.69, 9.17) is 4.99 Å². The number of hydrogen-bond acceptors (Lipinski definition) is 4. The number of guanidine groups is 1. The van der Waals surface area contributed by atoms with Crippen LogP contribution in [-0.2, 0) is 19.5 Å². The second kappa shape index (κ2) is 10.8. The van der Waals surface area contributed by atoms with Gasteiger partial charge in [-0.25, -0.2) is 4.99 Å². The molecule has 1 fully saturated rings. The molecule has 0 aliphatic carbocycles. The van der Waals surface area contributed by atoms with Crippen LogP contribution >= 0.6 is 24.0 Å². The number of aromatic nitrogens is 3. The molecule has 2 aliphatic rings. The monoisotopic (exact) mass is 529 g/mol. The maximum atomic E-state index is 12.9. The van der Waals surface area contributed by atoms with E-state index in [2.05, 4.69) is 20.1 Å². The van der Waals surface area contributed by atoms with Crippen molar-refractivity contribution in [3.63, 3.8) is 0 Å². The average Bonchev–Trinajstić information content (AvgIpc) is 2.90. The van der Waals surface area contributed by atoms with Crippen molar-refractivity contribution < 1.29 is 13.2 Å². The van der Waals surface area contributed by atoms with Gasteiger partial charge in [-0.15, -0.1) is 34.2 Å². The predicted molar refractivity (Wildman–Crippen MR) is 116 cm³/mol. The van der Waals surface area contributed by atoms with Crippen LogP contribution in [0.3, 0.4) is 0 Å². The molecule has 3 rings (SSSR count). The number of nitrogens with zero attached hydrogens (tertiary/aromatic N) is 6. The van der Waals surface area contributed by atoms with Crippen LogP contribution < -0.4 is 5.32 Å². The maximum absolute atomic E-state index is 12.9. The normalized spacial score (nSPS) is 19.9. The summed E-state index contributed by atoms with van der Waals surface area (Å²) in [4.78, 5) is 8.22. The third kappa shape index (κ3) is 6.19. The van der Waals surface area contributed by atoms with Gasteiger partial charge in [0.1, 0.15) is 18.4 Å². The van der Waals surface area contributed by atoms with E-state index in [-0.39, 0.29) is 24.0 Å². The molecule has 29 heavy (non-hydrogen) atoms. The molecule has 1 N–H and O–H groups in total. The first-order valence-electron chi connectivity index (χ1n) is 10.1. The highest BCUT2D eigenvalue weighted by Crippen LogP contribution is 2.25. The van der Waals surface area contributed by atoms with Gasteiger partial charge in [0.25, 0.3) is 0 Å². The first-order chi connectivity index (χ1) is 13.4. The quantitative estimate of drug-likeness (QED) is 0.370. The Kier molecular flexibility index (Phi) is 8.98. The van der Waals surface area contributed by atoms with Gasteiger partial charge in [0.2, 0.25) is 0 Å². The summed E-state index contributed by atoms with van der Waals surface area (Å²) in [5, 5.41) is 11.9. The molecule has 0 bridgehead atoms. The molecule has 2 aliphatic heterocycles. The topological polar surface area (TPSA) is 61.6 Å². The minimum atomic E-state index is -4.19. The number of alkyl halides is 3. The van der Waals surface area contributed by atoms with Crippen molar-refractivity contribution in [1.82, 2.24) is 29.9 Å². The molecule has 0 aromatic carbocycles. The molecular formula is C18H31F3IN7. The van der Waals surface area contributed by atoms with Crippen molar-refractivity contribution in [1.29, 1.82) is 0 Å². The van der Waals surface area contributed by atoms with Crippen LogP contribution in [0.25, 0.3) is 0 Å². The molecular weight excluding hydrogens is 498 g/mol. The lowest BCUT2D eigenvalue weighted by Crippen LogP contribution is -2.56. The van der Waals surface area contributed by atoms with E-state index >= 15 is 0 Å². The highest BCUT2D eigenvalue weighted by atomic mass is 127. The fourth-order valence-electron chi connectivity index (χ4n) is 3.76. The number of piperazine rings is 1. The Hall–Kier alpha value is -1.11. The van der Waals surface area contributed by atoms with E-state index in [1.807, 2.05) is 11.8 Å². The molecule has 0 spiro atoms. The van der Waals surface area contributed by atoms with Crippen molar-refractivity contribution in [3.8, 4) is 0 Å². The molecule has 0 radical (unpaired) electrons. The highest BCUT2D eigenvalue weighted by molar-refractivity contribution is 14.0. The number of fused-ring (bicyclic) bond motifs is 1. The minimum Gasteiger partial charge on any atom is -0.357 e. The summed E-state index contributed by atoms with van der Waals surface area (Å²) in [5.74, 6) is 2.62. The smallest absolute Gasteiger partial charge is 0.357 e. The Morgan fingerprint density at radius 1 is 1.10 bits per heavy atom. The Bertz CT molecular complexity index is 669. The lowest BCUT2D eigenvalue weighted by atomic mass is 10.2. The van der Waals surface area contributed by atoms with Gasteiger partial charge in [-0.05, 0) is 26.7 Å². The van der Waals surface area contributed by atoms with Crippen molar-refractivity contribution in [2.45, 2.75) is 64.8 Å². The van der Waals surface area contributed by atoms with Gasteiger partial charge in [0.15, 0.2) is 11.8 Å². The molecule has 1 atom stereocenters. The van der Waals surface area contributed by atoms with E-state index in [0.29, 0.717) is 39.3 Å². The van der Waals surface area contributed by atoms with Crippen LogP contribution in [0.5, 0.6) is 0 Å². The van der Waals surface area contributed by atoms with Crippen molar-refractivity contribution in [3.05, 3.63) is 11.6 Å². The molecule has 0 saturated carbocycles. The molecule has 7 nitrogen and oxygen atoms in total. The molecule has 1 aromatic heterocycles. The number of halogens is 4. The van der Waals surface area contributed by atoms with Crippen LogP contribution in [0.15, 0.2) is 4.99 Å². The van der Waals surface area contributed by atoms with Gasteiger partial charge < -0.3 is 14.8 Å². The summed E-state index contributed by atoms with van der Waals surface area (Å²) in [6, 6.07) is -1.42. The van der Waals surface area contributed by atoms with Gasteiger partial charge in [0.05, 0.1) is 0 Å². The van der Waals surface area contributed by atoms with Gasteiger partial charge >= 0.3 is 6.18 Å². The first kappa shape index (κ1) is 24.2. The Morgan fingerprint density at radius 3 is 2.48 bits per heavy atom. The fourth-order valence-corrected chi connectivity index (χ4v) is 3.76. The molecule has 1 unspecified atom stereocenters. The van der Waals surface area contributed by atoms with Crippen LogP contribution in [0, 0.1) is 0 Å². The zero-order valence-electron chi connectivity index (χ0n) is 17.1. The van der Waals surface area contributed by atoms with Gasteiger partial charge in [0, 0.05) is 45.7 Å². The fraction of sp³-hybridized carbons (Fsp3) is 0.833. The van der Waals surface area contributed by atoms with E-state index < -0.39 is 12.2 Å². The Labute approximate surface area is 187 Å². The van der Waals surface area contributed by atoms with E-state index in [1.165, 1.54) is 18.2 Å². The molecule has 166 valence electrons. The molecule has 0 amide bonds. The predicted octanol–water partition coefficient (Wildman–Crippen LogP) is 2.66. The second-order valence-corrected chi connectivity index (χ2v) is 7.41. The van der Waals surface area contributed by atoms with Crippen molar-refractivity contribution in [2.24, 2.45) is 4.99 Å². The number of rotatable bonds is 4. The Morgan fingerprint density at radius 2 is 1.83 bits per heavy atom. The lowest BCUT2D eigenvalue weighted by Gasteiger charge is -2.39. The van der Waals surface area contributed by atoms with Crippen molar-refractivity contribution in [2.75, 3.05) is 32.7 Å². The second-order valence-electron chi connectivity index (χ2n) is 7.41. The molecule has 3 heterocycles. The SMILES string of the molecule is CCNC(=NCc1nnc2n1CCCCC2)N1CCN(C(C)C(F)(F)F)CC1.I. The summed E-state index contributed by atoms with van der Waals surface area (Å²) in [6.45, 7) is 7.04. The summed E-state index contributed by atoms with van der Waals surface area (Å²) in [7, 11) is 0. The third-order valence-corrected chi connectivity index (χ3v) is 5.53. The van der Waals surface area contributed by atoms with Gasteiger partial charge in [-0.2, -0.15) is 13.2 Å². The van der Waals surface area contributed by atoms with Crippen LogP contribution in [0.1, 0.15) is 44.8 Å². The first-order valence-corrected chi connectivity index (χ1v) is 10.1. The van der Waals surface area contributed by atoms with E-state index in [1.54, 1.807) is 0 Å². The zero-order chi connectivity index (χ0) is 20.1. The highest BCUT2D eigenvalue weighted by Gasteiger charge is 2.41. The number of hydrogen-bond donors (Lipinski definition) is 1. The lowest BCUT2D eigenvalue weighted by molar-refractivity contribution is -0.181. The Balaban J connectivity index is 0.00000300. The van der Waals surface area contributed by atoms with Crippen LogP contribution in [0.2, 0.25) is 0 Å². The number of aryl methyl sites for hydroxylation is 1. The average molecular weight is 529 g/mol. The molecule has 11 heteroatoms. The summed E-state index contributed by atoms with van der Waals surface area (Å²) < 4.78 is 41.0. The standard InChI is InChI=1S/C18H30F3N7.HI/c1-3-22-17(27-11-9-26(10-12-27)14(2)18(19,20)21)23-13-16-25-24-15-7-5-4-6-8-28(15)16;/h14H,3-13H2,1-2H3,(H,22,23);1H. The summed E-state index contributed by atoms with van der Waals surface area (Å²) in [6.07, 6.45) is 0.240. The third-order valence-electron chi connectivity index (χ3n) is 5.53. The summed E-state index contributed by atoms with van der Waals surface area (Å²) >= 11 is 0. The van der Waals surface area contributed by atoms with Gasteiger partial charge in [-0.3, -0.25) is 4.90 Å². The minimum absolute atomic E-state index is 0. The maximum Gasteiger partial charge on any atom is 0.403 e. The largest absolute Gasteiger partial charge is 0.403 e. The van der Waals surface area contributed by atoms with Crippen LogP contribution in [0.4, 0.5) is 13.2 Å². The zero-order valence-corrected chi connectivity index (χ0v) is 19.4. The van der Waals surface area contributed by atoms with E-state index in [0.717, 1.165) is 43.4 Å².